The summed E-state index contributed by atoms with van der Waals surface area (Å²) >= 11 is 9.47. The lowest BCUT2D eigenvalue weighted by atomic mass is 9.95. The van der Waals surface area contributed by atoms with Gasteiger partial charge in [-0.2, -0.15) is 0 Å². The maximum absolute atomic E-state index is 14.3. The van der Waals surface area contributed by atoms with Gasteiger partial charge in [0.1, 0.15) is 23.4 Å². The molecule has 3 rings (SSSR count). The summed E-state index contributed by atoms with van der Waals surface area (Å²) in [6.07, 6.45) is 0.848. The number of aromatic nitrogens is 1. The van der Waals surface area contributed by atoms with E-state index in [1.165, 1.54) is 12.1 Å². The van der Waals surface area contributed by atoms with Crippen LogP contribution in [0.3, 0.4) is 0 Å². The molecule has 1 aliphatic heterocycles. The molecule has 0 spiro atoms. The molecule has 1 aromatic carbocycles. The molecule has 1 atom stereocenters. The fourth-order valence-corrected chi connectivity index (χ4v) is 3.52. The lowest BCUT2D eigenvalue weighted by Crippen LogP contribution is -2.35. The summed E-state index contributed by atoms with van der Waals surface area (Å²) in [5, 5.41) is 3.04. The van der Waals surface area contributed by atoms with Crippen LogP contribution in [0.5, 0.6) is 0 Å². The van der Waals surface area contributed by atoms with E-state index in [1.54, 1.807) is 6.92 Å². The van der Waals surface area contributed by atoms with E-state index in [2.05, 4.69) is 31.2 Å². The van der Waals surface area contributed by atoms with Gasteiger partial charge >= 0.3 is 5.97 Å². The average molecular weight is 489 g/mol. The molecule has 1 aromatic heterocycles. The van der Waals surface area contributed by atoms with Crippen LogP contribution in [-0.2, 0) is 9.53 Å². The third-order valence-corrected chi connectivity index (χ3v) is 4.93. The Morgan fingerprint density at radius 1 is 1.28 bits per heavy atom. The number of hydrogen-bond acceptors (Lipinski definition) is 5. The highest BCUT2D eigenvalue weighted by Gasteiger charge is 2.34. The number of pyridine rings is 1. The fraction of sp³-hybridized carbons (Fsp3) is 0.211. The van der Waals surface area contributed by atoms with Crippen LogP contribution in [-0.4, -0.2) is 28.7 Å². The second kappa shape index (κ2) is 8.96. The number of benzene rings is 1. The van der Waals surface area contributed by atoms with E-state index in [0.717, 1.165) is 12.3 Å². The Kier molecular flexibility index (Phi) is 6.59. The standard InChI is InChI=1S/C19H14BrClF3N3O2/c1-2-29-19(28)15-14(7-20)26-18(17-13(24)6-10(23)8-25-17)27-16(15)11-4-3-9(22)5-12(11)21/h3-6,8,16H,2,7H2,1H3,(H,26,27). The van der Waals surface area contributed by atoms with Crippen molar-refractivity contribution in [3.8, 4) is 0 Å². The maximum Gasteiger partial charge on any atom is 0.338 e. The van der Waals surface area contributed by atoms with Crippen LogP contribution in [0, 0.1) is 17.5 Å². The molecule has 0 radical (unpaired) electrons. The third kappa shape index (κ3) is 4.45. The van der Waals surface area contributed by atoms with E-state index >= 15 is 0 Å². The number of rotatable bonds is 5. The first-order chi connectivity index (χ1) is 13.8. The van der Waals surface area contributed by atoms with Crippen LogP contribution in [0.25, 0.3) is 0 Å². The average Bonchev–Trinajstić information content (AvgIpc) is 2.67. The Bertz CT molecular complexity index is 1030. The smallest absolute Gasteiger partial charge is 0.338 e. The van der Waals surface area contributed by atoms with Crippen molar-refractivity contribution in [2.75, 3.05) is 11.9 Å². The van der Waals surface area contributed by atoms with Crippen molar-refractivity contribution in [3.05, 3.63) is 75.5 Å². The SMILES string of the molecule is CCOC(=O)C1=C(CBr)NC(c2ncc(F)cc2F)=NC1c1ccc(F)cc1Cl. The van der Waals surface area contributed by atoms with Gasteiger partial charge in [0.2, 0.25) is 0 Å². The molecule has 0 saturated heterocycles. The van der Waals surface area contributed by atoms with Crippen LogP contribution in [0.15, 0.2) is 46.7 Å². The van der Waals surface area contributed by atoms with E-state index in [0.29, 0.717) is 17.3 Å². The van der Waals surface area contributed by atoms with Gasteiger partial charge < -0.3 is 10.1 Å². The summed E-state index contributed by atoms with van der Waals surface area (Å²) in [7, 11) is 0. The number of hydrogen-bond donors (Lipinski definition) is 1. The zero-order valence-electron chi connectivity index (χ0n) is 15.0. The Morgan fingerprint density at radius 2 is 2.03 bits per heavy atom. The Morgan fingerprint density at radius 3 is 2.66 bits per heavy atom. The van der Waals surface area contributed by atoms with Gasteiger partial charge in [0.15, 0.2) is 11.7 Å². The van der Waals surface area contributed by atoms with Gasteiger partial charge in [-0.05, 0) is 19.1 Å². The van der Waals surface area contributed by atoms with Gasteiger partial charge in [0.05, 0.1) is 18.4 Å². The molecule has 1 unspecified atom stereocenters. The Labute approximate surface area is 177 Å². The molecule has 152 valence electrons. The summed E-state index contributed by atoms with van der Waals surface area (Å²) in [4.78, 5) is 20.7. The van der Waals surface area contributed by atoms with Crippen molar-refractivity contribution in [1.29, 1.82) is 0 Å². The van der Waals surface area contributed by atoms with Crippen molar-refractivity contribution in [3.63, 3.8) is 0 Å². The molecule has 0 bridgehead atoms. The van der Waals surface area contributed by atoms with Gasteiger partial charge in [0, 0.05) is 27.7 Å². The highest BCUT2D eigenvalue weighted by atomic mass is 79.9. The molecule has 0 saturated carbocycles. The molecule has 5 nitrogen and oxygen atoms in total. The molecule has 0 aliphatic carbocycles. The van der Waals surface area contributed by atoms with Crippen molar-refractivity contribution < 1.29 is 22.7 Å². The molecule has 10 heteroatoms. The monoisotopic (exact) mass is 487 g/mol. The molecule has 0 fully saturated rings. The molecule has 2 aromatic rings. The van der Waals surface area contributed by atoms with Crippen molar-refractivity contribution >= 4 is 39.3 Å². The minimum atomic E-state index is -1.02. The number of amidine groups is 1. The van der Waals surface area contributed by atoms with E-state index < -0.39 is 29.5 Å². The van der Waals surface area contributed by atoms with Gasteiger partial charge in [0.25, 0.3) is 0 Å². The number of alkyl halides is 1. The molecule has 1 aliphatic rings. The van der Waals surface area contributed by atoms with Gasteiger partial charge in [-0.3, -0.25) is 4.99 Å². The number of esters is 1. The molecule has 0 amide bonds. The molecule has 2 heterocycles. The summed E-state index contributed by atoms with van der Waals surface area (Å²) in [6, 6.07) is 3.30. The van der Waals surface area contributed by atoms with Crippen molar-refractivity contribution in [1.82, 2.24) is 10.3 Å². The van der Waals surface area contributed by atoms with Crippen LogP contribution in [0.1, 0.15) is 24.2 Å². The number of nitrogens with zero attached hydrogens (tertiary/aromatic N) is 2. The van der Waals surface area contributed by atoms with Crippen molar-refractivity contribution in [2.45, 2.75) is 13.0 Å². The topological polar surface area (TPSA) is 63.6 Å². The zero-order valence-corrected chi connectivity index (χ0v) is 17.3. The molecule has 1 N–H and O–H groups in total. The predicted molar refractivity (Wildman–Crippen MR) is 105 cm³/mol. The van der Waals surface area contributed by atoms with Gasteiger partial charge in [-0.25, -0.2) is 22.9 Å². The van der Waals surface area contributed by atoms with Gasteiger partial charge in [-0.15, -0.1) is 0 Å². The third-order valence-electron chi connectivity index (χ3n) is 4.04. The predicted octanol–water partition coefficient (Wildman–Crippen LogP) is 4.46. The van der Waals surface area contributed by atoms with Crippen LogP contribution in [0.2, 0.25) is 5.02 Å². The lowest BCUT2D eigenvalue weighted by Gasteiger charge is -2.27. The minimum Gasteiger partial charge on any atom is -0.463 e. The summed E-state index contributed by atoms with van der Waals surface area (Å²) in [5.74, 6) is -3.03. The Hall–Kier alpha value is -2.39. The second-order valence-electron chi connectivity index (χ2n) is 5.90. The number of nitrogens with one attached hydrogen (secondary N) is 1. The number of allylic oxidation sites excluding steroid dienone is 1. The Balaban J connectivity index is 2.19. The number of ether oxygens (including phenoxy) is 1. The first kappa shape index (κ1) is 21.3. The summed E-state index contributed by atoms with van der Waals surface area (Å²) in [6.45, 7) is 1.77. The first-order valence-corrected chi connectivity index (χ1v) is 9.93. The summed E-state index contributed by atoms with van der Waals surface area (Å²) in [5.41, 5.74) is 0.542. The van der Waals surface area contributed by atoms with E-state index in [-0.39, 0.29) is 34.1 Å². The summed E-state index contributed by atoms with van der Waals surface area (Å²) < 4.78 is 46.2. The quantitative estimate of drug-likeness (QED) is 0.499. The molecular weight excluding hydrogens is 475 g/mol. The van der Waals surface area contributed by atoms with Crippen molar-refractivity contribution in [2.24, 2.45) is 4.99 Å². The number of aliphatic imine (C=N–C) groups is 1. The normalized spacial score (nSPS) is 16.3. The fourth-order valence-electron chi connectivity index (χ4n) is 2.81. The van der Waals surface area contributed by atoms with E-state index in [4.69, 9.17) is 16.3 Å². The first-order valence-electron chi connectivity index (χ1n) is 8.43. The largest absolute Gasteiger partial charge is 0.463 e. The zero-order chi connectivity index (χ0) is 21.1. The maximum atomic E-state index is 14.3. The van der Waals surface area contributed by atoms with E-state index in [9.17, 15) is 18.0 Å². The van der Waals surface area contributed by atoms with E-state index in [1.807, 2.05) is 0 Å². The highest BCUT2D eigenvalue weighted by Crippen LogP contribution is 2.36. The van der Waals surface area contributed by atoms with Gasteiger partial charge in [-0.1, -0.05) is 33.6 Å². The number of carbonyl (C=O) groups excluding carboxylic acids is 1. The molecule has 29 heavy (non-hydrogen) atoms. The molecular formula is C19H14BrClF3N3O2. The lowest BCUT2D eigenvalue weighted by molar-refractivity contribution is -0.138. The highest BCUT2D eigenvalue weighted by molar-refractivity contribution is 9.09. The second-order valence-corrected chi connectivity index (χ2v) is 6.87. The van der Waals surface area contributed by atoms with Crippen LogP contribution in [0.4, 0.5) is 13.2 Å². The minimum absolute atomic E-state index is 0.0308. The number of carbonyl (C=O) groups is 1. The number of halogens is 5. The van der Waals surface area contributed by atoms with Crippen LogP contribution >= 0.6 is 27.5 Å². The van der Waals surface area contributed by atoms with Crippen LogP contribution < -0.4 is 5.32 Å².